The summed E-state index contributed by atoms with van der Waals surface area (Å²) >= 11 is 0. The maximum absolute atomic E-state index is 12.4. The average molecular weight is 300 g/mol. The number of hydrogen-bond donors (Lipinski definition) is 2. The van der Waals surface area contributed by atoms with Crippen molar-refractivity contribution < 1.29 is 14.7 Å². The minimum Gasteiger partial charge on any atom is -0.480 e. The molecule has 0 saturated heterocycles. The highest BCUT2D eigenvalue weighted by Crippen LogP contribution is 2.30. The summed E-state index contributed by atoms with van der Waals surface area (Å²) in [6, 6.07) is 6.74. The molecule has 1 saturated carbocycles. The molecule has 1 amide bonds. The van der Waals surface area contributed by atoms with Gasteiger partial charge in [-0.25, -0.2) is 14.5 Å². The fourth-order valence-electron chi connectivity index (χ4n) is 2.73. The summed E-state index contributed by atoms with van der Waals surface area (Å²) in [5, 5.41) is 16.1. The molecule has 3 rings (SSSR count). The van der Waals surface area contributed by atoms with Crippen LogP contribution >= 0.6 is 0 Å². The number of hydrogen-bond acceptors (Lipinski definition) is 4. The largest absolute Gasteiger partial charge is 0.480 e. The second-order valence-electron chi connectivity index (χ2n) is 5.38. The molecule has 0 radical (unpaired) electrons. The summed E-state index contributed by atoms with van der Waals surface area (Å²) in [6.45, 7) is 0. The van der Waals surface area contributed by atoms with Gasteiger partial charge in [0.15, 0.2) is 5.82 Å². The summed E-state index contributed by atoms with van der Waals surface area (Å²) in [5.74, 6) is -0.951. The molecule has 0 bridgehead atoms. The number of aromatic nitrogens is 3. The number of carbonyl (C=O) groups excluding carboxylic acids is 1. The third kappa shape index (κ3) is 2.57. The van der Waals surface area contributed by atoms with E-state index in [4.69, 9.17) is 0 Å². The lowest BCUT2D eigenvalue weighted by atomic mass is 9.97. The number of pyridine rings is 1. The highest BCUT2D eigenvalue weighted by molar-refractivity contribution is 5.96. The van der Waals surface area contributed by atoms with Crippen LogP contribution in [0.3, 0.4) is 0 Å². The van der Waals surface area contributed by atoms with E-state index in [2.05, 4.69) is 15.4 Å². The molecule has 2 N–H and O–H groups in total. The minimum atomic E-state index is -1.17. The van der Waals surface area contributed by atoms with Crippen LogP contribution in [0, 0.1) is 0 Å². The van der Waals surface area contributed by atoms with Gasteiger partial charge in [-0.2, -0.15) is 5.10 Å². The fraction of sp³-hybridized carbons (Fsp3) is 0.333. The molecule has 0 unspecified atom stereocenters. The van der Waals surface area contributed by atoms with E-state index >= 15 is 0 Å². The van der Waals surface area contributed by atoms with Gasteiger partial charge in [-0.1, -0.05) is 18.9 Å². The minimum absolute atomic E-state index is 0.181. The Labute approximate surface area is 127 Å². The van der Waals surface area contributed by atoms with Crippen molar-refractivity contribution in [2.45, 2.75) is 31.2 Å². The average Bonchev–Trinajstić information content (AvgIpc) is 3.19. The van der Waals surface area contributed by atoms with Crippen LogP contribution in [0.4, 0.5) is 0 Å². The van der Waals surface area contributed by atoms with Crippen molar-refractivity contribution in [3.05, 3.63) is 42.4 Å². The zero-order valence-electron chi connectivity index (χ0n) is 11.9. The topological polar surface area (TPSA) is 97.1 Å². The molecule has 22 heavy (non-hydrogen) atoms. The van der Waals surface area contributed by atoms with E-state index in [0.29, 0.717) is 18.7 Å². The highest BCUT2D eigenvalue weighted by atomic mass is 16.4. The molecule has 1 fully saturated rings. The Morgan fingerprint density at radius 3 is 2.64 bits per heavy atom. The monoisotopic (exact) mass is 300 g/mol. The van der Waals surface area contributed by atoms with Crippen molar-refractivity contribution in [1.29, 1.82) is 0 Å². The van der Waals surface area contributed by atoms with Gasteiger partial charge in [0.2, 0.25) is 0 Å². The lowest BCUT2D eigenvalue weighted by Gasteiger charge is -2.25. The molecular weight excluding hydrogens is 284 g/mol. The molecule has 0 aromatic carbocycles. The van der Waals surface area contributed by atoms with Gasteiger partial charge in [-0.05, 0) is 31.0 Å². The van der Waals surface area contributed by atoms with Gasteiger partial charge < -0.3 is 10.4 Å². The number of carboxylic acids is 1. The predicted molar refractivity (Wildman–Crippen MR) is 77.7 cm³/mol. The Morgan fingerprint density at radius 1 is 1.23 bits per heavy atom. The molecule has 7 heteroatoms. The van der Waals surface area contributed by atoms with Crippen molar-refractivity contribution in [2.75, 3.05) is 0 Å². The fourth-order valence-corrected chi connectivity index (χ4v) is 2.73. The van der Waals surface area contributed by atoms with E-state index in [1.165, 1.54) is 0 Å². The van der Waals surface area contributed by atoms with Gasteiger partial charge in [0, 0.05) is 12.4 Å². The Bertz CT molecular complexity index is 691. The summed E-state index contributed by atoms with van der Waals surface area (Å²) < 4.78 is 1.54. The maximum atomic E-state index is 12.4. The van der Waals surface area contributed by atoms with Crippen LogP contribution in [-0.2, 0) is 4.79 Å². The number of carbonyl (C=O) groups is 2. The van der Waals surface area contributed by atoms with E-state index in [1.807, 2.05) is 0 Å². The molecule has 0 spiro atoms. The van der Waals surface area contributed by atoms with Crippen LogP contribution < -0.4 is 5.32 Å². The van der Waals surface area contributed by atoms with E-state index in [-0.39, 0.29) is 5.69 Å². The summed E-state index contributed by atoms with van der Waals surface area (Å²) in [6.07, 6.45) is 5.84. The number of amides is 1. The molecule has 7 nitrogen and oxygen atoms in total. The second kappa shape index (κ2) is 5.59. The van der Waals surface area contributed by atoms with Crippen molar-refractivity contribution in [3.8, 4) is 5.82 Å². The number of aliphatic carboxylic acids is 1. The molecule has 1 aliphatic rings. The molecule has 2 heterocycles. The first-order chi connectivity index (χ1) is 10.6. The van der Waals surface area contributed by atoms with E-state index in [9.17, 15) is 14.7 Å². The van der Waals surface area contributed by atoms with Gasteiger partial charge in [0.25, 0.3) is 5.91 Å². The second-order valence-corrected chi connectivity index (χ2v) is 5.38. The van der Waals surface area contributed by atoms with Crippen molar-refractivity contribution >= 4 is 11.9 Å². The standard InChI is InChI=1S/C15H16N4O3/c20-13(18-15(14(21)22)7-1-2-8-15)11-5-3-6-12(17-11)19-10-4-9-16-19/h3-6,9-10H,1-2,7-8H2,(H,18,20)(H,21,22). The third-order valence-corrected chi connectivity index (χ3v) is 3.93. The van der Waals surface area contributed by atoms with Crippen LogP contribution in [0.2, 0.25) is 0 Å². The van der Waals surface area contributed by atoms with Crippen LogP contribution in [-0.4, -0.2) is 37.3 Å². The SMILES string of the molecule is O=C(NC1(C(=O)O)CCCC1)c1cccc(-n2cccn2)n1. The van der Waals surface area contributed by atoms with Gasteiger partial charge in [-0.3, -0.25) is 4.79 Å². The lowest BCUT2D eigenvalue weighted by Crippen LogP contribution is -2.52. The zero-order chi connectivity index (χ0) is 15.6. The van der Waals surface area contributed by atoms with Crippen LogP contribution in [0.15, 0.2) is 36.7 Å². The Hall–Kier alpha value is -2.70. The maximum Gasteiger partial charge on any atom is 0.329 e. The summed E-state index contributed by atoms with van der Waals surface area (Å²) in [4.78, 5) is 28.1. The molecule has 2 aromatic heterocycles. The highest BCUT2D eigenvalue weighted by Gasteiger charge is 2.42. The van der Waals surface area contributed by atoms with E-state index in [0.717, 1.165) is 12.8 Å². The molecule has 1 aliphatic carbocycles. The Morgan fingerprint density at radius 2 is 2.00 bits per heavy atom. The zero-order valence-corrected chi connectivity index (χ0v) is 11.9. The van der Waals surface area contributed by atoms with Gasteiger partial charge in [-0.15, -0.1) is 0 Å². The molecule has 0 aliphatic heterocycles. The van der Waals surface area contributed by atoms with E-state index < -0.39 is 17.4 Å². The van der Waals surface area contributed by atoms with Crippen molar-refractivity contribution in [2.24, 2.45) is 0 Å². The number of carboxylic acid groups (broad SMARTS) is 1. The summed E-state index contributed by atoms with van der Waals surface area (Å²) in [5.41, 5.74) is -0.985. The summed E-state index contributed by atoms with van der Waals surface area (Å²) in [7, 11) is 0. The first-order valence-corrected chi connectivity index (χ1v) is 7.14. The van der Waals surface area contributed by atoms with Gasteiger partial charge >= 0.3 is 5.97 Å². The molecular formula is C15H16N4O3. The number of nitrogens with one attached hydrogen (secondary N) is 1. The van der Waals surface area contributed by atoms with Gasteiger partial charge in [0.1, 0.15) is 11.2 Å². The van der Waals surface area contributed by atoms with Crippen LogP contribution in [0.1, 0.15) is 36.2 Å². The molecule has 0 atom stereocenters. The quantitative estimate of drug-likeness (QED) is 0.889. The number of rotatable bonds is 4. The third-order valence-electron chi connectivity index (χ3n) is 3.93. The van der Waals surface area contributed by atoms with Crippen molar-refractivity contribution in [3.63, 3.8) is 0 Å². The number of nitrogens with zero attached hydrogens (tertiary/aromatic N) is 3. The normalized spacial score (nSPS) is 16.4. The first kappa shape index (κ1) is 14.2. The van der Waals surface area contributed by atoms with Crippen molar-refractivity contribution in [1.82, 2.24) is 20.1 Å². The van der Waals surface area contributed by atoms with Gasteiger partial charge in [0.05, 0.1) is 0 Å². The molecule has 2 aromatic rings. The predicted octanol–water partition coefficient (Wildman–Crippen LogP) is 1.39. The smallest absolute Gasteiger partial charge is 0.329 e. The van der Waals surface area contributed by atoms with E-state index in [1.54, 1.807) is 41.3 Å². The van der Waals surface area contributed by atoms with Crippen LogP contribution in [0.5, 0.6) is 0 Å². The molecule has 114 valence electrons. The first-order valence-electron chi connectivity index (χ1n) is 7.14. The Balaban J connectivity index is 1.83. The lowest BCUT2D eigenvalue weighted by molar-refractivity contribution is -0.144. The van der Waals surface area contributed by atoms with Crippen LogP contribution in [0.25, 0.3) is 5.82 Å². The Kier molecular flexibility index (Phi) is 3.62.